The minimum Gasteiger partial charge on any atom is -0.477 e. The van der Waals surface area contributed by atoms with Crippen molar-refractivity contribution in [3.8, 4) is 0 Å². The highest BCUT2D eigenvalue weighted by Gasteiger charge is 2.27. The van der Waals surface area contributed by atoms with Crippen LogP contribution in [-0.2, 0) is 6.54 Å². The lowest BCUT2D eigenvalue weighted by atomic mass is 10.0. The van der Waals surface area contributed by atoms with Crippen molar-refractivity contribution in [2.24, 2.45) is 5.92 Å². The number of aromatic nitrogens is 1. The summed E-state index contributed by atoms with van der Waals surface area (Å²) in [5.74, 6) is 0.161. The molecule has 1 aromatic carbocycles. The van der Waals surface area contributed by atoms with Gasteiger partial charge in [-0.05, 0) is 43.5 Å². The number of hydrogen-bond donors (Lipinski definition) is 2. The fraction of sp³-hybridized carbons (Fsp3) is 0.368. The molecule has 1 saturated heterocycles. The lowest BCUT2D eigenvalue weighted by Gasteiger charge is -2.22. The van der Waals surface area contributed by atoms with E-state index in [9.17, 15) is 4.79 Å². The van der Waals surface area contributed by atoms with Crippen molar-refractivity contribution in [1.82, 2.24) is 9.88 Å². The highest BCUT2D eigenvalue weighted by molar-refractivity contribution is 5.85. The highest BCUT2D eigenvalue weighted by Crippen LogP contribution is 2.23. The third-order valence-electron chi connectivity index (χ3n) is 4.61. The third-order valence-corrected chi connectivity index (χ3v) is 4.61. The molecule has 0 saturated carbocycles. The summed E-state index contributed by atoms with van der Waals surface area (Å²) >= 11 is 0. The van der Waals surface area contributed by atoms with Crippen molar-refractivity contribution < 1.29 is 9.90 Å². The molecule has 2 atom stereocenters. The molecule has 0 bridgehead atoms. The summed E-state index contributed by atoms with van der Waals surface area (Å²) in [5, 5.41) is 12.4. The van der Waals surface area contributed by atoms with E-state index in [2.05, 4.69) is 46.4 Å². The van der Waals surface area contributed by atoms with Crippen LogP contribution in [0.5, 0.6) is 0 Å². The fourth-order valence-corrected chi connectivity index (χ4v) is 3.24. The average Bonchev–Trinajstić information content (AvgIpc) is 3.04. The van der Waals surface area contributed by atoms with Crippen LogP contribution in [0.4, 0.5) is 5.82 Å². The number of benzene rings is 1. The molecule has 126 valence electrons. The largest absolute Gasteiger partial charge is 0.477 e. The van der Waals surface area contributed by atoms with Crippen LogP contribution in [-0.4, -0.2) is 40.1 Å². The summed E-state index contributed by atoms with van der Waals surface area (Å²) in [5.41, 5.74) is 1.42. The molecule has 1 aliphatic heterocycles. The molecule has 5 nitrogen and oxygen atoms in total. The number of aromatic carboxylic acids is 1. The Labute approximate surface area is 142 Å². The molecule has 3 rings (SSSR count). The first-order valence-corrected chi connectivity index (χ1v) is 8.35. The first-order valence-electron chi connectivity index (χ1n) is 8.35. The molecular weight excluding hydrogens is 302 g/mol. The summed E-state index contributed by atoms with van der Waals surface area (Å²) in [6, 6.07) is 15.8. The molecule has 0 amide bonds. The summed E-state index contributed by atoms with van der Waals surface area (Å²) in [4.78, 5) is 17.6. The number of nitrogens with one attached hydrogen (secondary N) is 1. The maximum absolute atomic E-state index is 11.0. The monoisotopic (exact) mass is 325 g/mol. The smallest absolute Gasteiger partial charge is 0.354 e. The van der Waals surface area contributed by atoms with Crippen molar-refractivity contribution in [2.75, 3.05) is 18.4 Å². The van der Waals surface area contributed by atoms with Gasteiger partial charge in [-0.25, -0.2) is 9.78 Å². The van der Waals surface area contributed by atoms with E-state index in [-0.39, 0.29) is 11.7 Å². The first kappa shape index (κ1) is 16.5. The van der Waals surface area contributed by atoms with Crippen molar-refractivity contribution in [3.63, 3.8) is 0 Å². The SMILES string of the molecule is CC(Nc1cccc(C(=O)O)n1)C1CCN(Cc2ccccc2)C1. The van der Waals surface area contributed by atoms with Crippen LogP contribution in [0.3, 0.4) is 0 Å². The molecule has 0 spiro atoms. The van der Waals surface area contributed by atoms with E-state index in [0.717, 1.165) is 26.1 Å². The van der Waals surface area contributed by atoms with Gasteiger partial charge in [0.2, 0.25) is 0 Å². The van der Waals surface area contributed by atoms with Crippen LogP contribution in [0.1, 0.15) is 29.4 Å². The predicted molar refractivity (Wildman–Crippen MR) is 94.1 cm³/mol. The van der Waals surface area contributed by atoms with Gasteiger partial charge in [-0.15, -0.1) is 0 Å². The van der Waals surface area contributed by atoms with Gasteiger partial charge in [0.15, 0.2) is 5.69 Å². The second kappa shape index (κ2) is 7.45. The number of nitrogens with zero attached hydrogens (tertiary/aromatic N) is 2. The lowest BCUT2D eigenvalue weighted by molar-refractivity contribution is 0.0690. The second-order valence-electron chi connectivity index (χ2n) is 6.42. The summed E-state index contributed by atoms with van der Waals surface area (Å²) in [6.45, 7) is 5.26. The Morgan fingerprint density at radius 3 is 2.83 bits per heavy atom. The number of pyridine rings is 1. The highest BCUT2D eigenvalue weighted by atomic mass is 16.4. The van der Waals surface area contributed by atoms with Gasteiger partial charge in [0.25, 0.3) is 0 Å². The number of carbonyl (C=O) groups is 1. The summed E-state index contributed by atoms with van der Waals surface area (Å²) in [7, 11) is 0. The van der Waals surface area contributed by atoms with E-state index in [1.807, 2.05) is 12.1 Å². The van der Waals surface area contributed by atoms with Crippen molar-refractivity contribution in [1.29, 1.82) is 0 Å². The zero-order chi connectivity index (χ0) is 16.9. The van der Waals surface area contributed by atoms with E-state index >= 15 is 0 Å². The third kappa shape index (κ3) is 4.11. The molecule has 2 aromatic rings. The van der Waals surface area contributed by atoms with E-state index in [0.29, 0.717) is 11.7 Å². The Bertz CT molecular complexity index is 690. The van der Waals surface area contributed by atoms with Crippen LogP contribution in [0.25, 0.3) is 0 Å². The number of carboxylic acid groups (broad SMARTS) is 1. The van der Waals surface area contributed by atoms with E-state index < -0.39 is 5.97 Å². The van der Waals surface area contributed by atoms with Gasteiger partial charge < -0.3 is 10.4 Å². The van der Waals surface area contributed by atoms with E-state index in [4.69, 9.17) is 5.11 Å². The van der Waals surface area contributed by atoms with Crippen LogP contribution in [0.2, 0.25) is 0 Å². The molecule has 2 N–H and O–H groups in total. The molecule has 24 heavy (non-hydrogen) atoms. The van der Waals surface area contributed by atoms with E-state index in [1.165, 1.54) is 11.6 Å². The van der Waals surface area contributed by atoms with Gasteiger partial charge in [0.1, 0.15) is 5.82 Å². The zero-order valence-corrected chi connectivity index (χ0v) is 13.9. The Kier molecular flexibility index (Phi) is 5.11. The van der Waals surface area contributed by atoms with Crippen LogP contribution in [0.15, 0.2) is 48.5 Å². The molecule has 2 unspecified atom stereocenters. The van der Waals surface area contributed by atoms with Gasteiger partial charge in [0, 0.05) is 19.1 Å². The van der Waals surface area contributed by atoms with Crippen molar-refractivity contribution >= 4 is 11.8 Å². The number of anilines is 1. The van der Waals surface area contributed by atoms with Gasteiger partial charge in [0.05, 0.1) is 0 Å². The number of carboxylic acids is 1. The molecule has 0 aliphatic carbocycles. The summed E-state index contributed by atoms with van der Waals surface area (Å²) < 4.78 is 0. The second-order valence-corrected chi connectivity index (χ2v) is 6.42. The van der Waals surface area contributed by atoms with Crippen molar-refractivity contribution in [3.05, 3.63) is 59.8 Å². The van der Waals surface area contributed by atoms with E-state index in [1.54, 1.807) is 6.07 Å². The zero-order valence-electron chi connectivity index (χ0n) is 13.9. The molecular formula is C19H23N3O2. The van der Waals surface area contributed by atoms with Crippen molar-refractivity contribution in [2.45, 2.75) is 25.9 Å². The number of hydrogen-bond acceptors (Lipinski definition) is 4. The fourth-order valence-electron chi connectivity index (χ4n) is 3.24. The van der Waals surface area contributed by atoms with Gasteiger partial charge in [-0.3, -0.25) is 4.90 Å². The van der Waals surface area contributed by atoms with Gasteiger partial charge >= 0.3 is 5.97 Å². The van der Waals surface area contributed by atoms with Crippen LogP contribution in [0, 0.1) is 5.92 Å². The quantitative estimate of drug-likeness (QED) is 0.854. The number of rotatable bonds is 6. The van der Waals surface area contributed by atoms with Crippen LogP contribution >= 0.6 is 0 Å². The normalized spacial score (nSPS) is 19.1. The molecule has 0 radical (unpaired) electrons. The minimum atomic E-state index is -0.999. The van der Waals surface area contributed by atoms with Gasteiger partial charge in [-0.1, -0.05) is 36.4 Å². The van der Waals surface area contributed by atoms with Crippen LogP contribution < -0.4 is 5.32 Å². The first-order chi connectivity index (χ1) is 11.6. The Morgan fingerprint density at radius 1 is 1.29 bits per heavy atom. The Morgan fingerprint density at radius 2 is 2.08 bits per heavy atom. The molecule has 5 heteroatoms. The lowest BCUT2D eigenvalue weighted by Crippen LogP contribution is -2.29. The standard InChI is InChI=1S/C19H23N3O2/c1-14(20-18-9-5-8-17(21-18)19(23)24)16-10-11-22(13-16)12-15-6-3-2-4-7-15/h2-9,14,16H,10-13H2,1H3,(H,20,21)(H,23,24). The molecule has 2 heterocycles. The molecule has 1 fully saturated rings. The molecule has 1 aromatic heterocycles. The topological polar surface area (TPSA) is 65.5 Å². The Balaban J connectivity index is 1.55. The molecule has 1 aliphatic rings. The number of likely N-dealkylation sites (tertiary alicyclic amines) is 1. The maximum Gasteiger partial charge on any atom is 0.354 e. The minimum absolute atomic E-state index is 0.0735. The average molecular weight is 325 g/mol. The maximum atomic E-state index is 11.0. The van der Waals surface area contributed by atoms with Gasteiger partial charge in [-0.2, -0.15) is 0 Å². The Hall–Kier alpha value is -2.40. The summed E-state index contributed by atoms with van der Waals surface area (Å²) in [6.07, 6.45) is 1.14. The predicted octanol–water partition coefficient (Wildman–Crippen LogP) is 3.10.